The van der Waals surface area contributed by atoms with E-state index in [1.807, 2.05) is 0 Å². The Kier molecular flexibility index (Phi) is 8.22. The summed E-state index contributed by atoms with van der Waals surface area (Å²) < 4.78 is 5.47. The van der Waals surface area contributed by atoms with E-state index in [1.165, 1.54) is 45.1 Å². The quantitative estimate of drug-likeness (QED) is 0.743. The van der Waals surface area contributed by atoms with Gasteiger partial charge in [-0.05, 0) is 38.1 Å². The fourth-order valence-corrected chi connectivity index (χ4v) is 5.03. The van der Waals surface area contributed by atoms with E-state index >= 15 is 0 Å². The van der Waals surface area contributed by atoms with E-state index in [2.05, 4.69) is 34.3 Å². The van der Waals surface area contributed by atoms with Gasteiger partial charge in [0.15, 0.2) is 0 Å². The minimum Gasteiger partial charge on any atom is -0.379 e. The zero-order valence-electron chi connectivity index (χ0n) is 17.4. The highest BCUT2D eigenvalue weighted by molar-refractivity contribution is 5.74. The zero-order valence-corrected chi connectivity index (χ0v) is 17.4. The number of nitrogens with zero attached hydrogens (tertiary/aromatic N) is 2. The van der Waals surface area contributed by atoms with E-state index in [9.17, 15) is 4.79 Å². The molecular formula is C21H40N4O2. The van der Waals surface area contributed by atoms with Crippen LogP contribution in [0.15, 0.2) is 0 Å². The highest BCUT2D eigenvalue weighted by atomic mass is 16.5. The smallest absolute Gasteiger partial charge is 0.315 e. The average molecular weight is 381 g/mol. The summed E-state index contributed by atoms with van der Waals surface area (Å²) in [7, 11) is 0. The first-order valence-corrected chi connectivity index (χ1v) is 11.2. The molecule has 3 fully saturated rings. The molecule has 0 bridgehead atoms. The normalized spacial score (nSPS) is 27.4. The Morgan fingerprint density at radius 2 is 1.78 bits per heavy atom. The number of likely N-dealkylation sites (tertiary alicyclic amines) is 1. The number of carbonyl (C=O) groups excluding carboxylic acids is 1. The Labute approximate surface area is 165 Å². The number of rotatable bonds is 6. The molecular weight excluding hydrogens is 340 g/mol. The molecule has 0 aromatic carbocycles. The number of hydrogen-bond acceptors (Lipinski definition) is 4. The number of carbonyl (C=O) groups is 1. The van der Waals surface area contributed by atoms with E-state index in [0.717, 1.165) is 45.3 Å². The van der Waals surface area contributed by atoms with E-state index in [-0.39, 0.29) is 6.03 Å². The van der Waals surface area contributed by atoms with Crippen LogP contribution >= 0.6 is 0 Å². The lowest BCUT2D eigenvalue weighted by Gasteiger charge is -2.40. The molecule has 2 heterocycles. The van der Waals surface area contributed by atoms with Crippen molar-refractivity contribution in [2.24, 2.45) is 5.92 Å². The van der Waals surface area contributed by atoms with Crippen LogP contribution in [-0.2, 0) is 4.74 Å². The molecule has 1 aliphatic carbocycles. The lowest BCUT2D eigenvalue weighted by Crippen LogP contribution is -2.55. The summed E-state index contributed by atoms with van der Waals surface area (Å²) in [6.45, 7) is 10.9. The average Bonchev–Trinajstić information content (AvgIpc) is 2.69. The van der Waals surface area contributed by atoms with Crippen LogP contribution in [0, 0.1) is 5.92 Å². The second-order valence-electron chi connectivity index (χ2n) is 8.94. The van der Waals surface area contributed by atoms with Crippen molar-refractivity contribution >= 4 is 6.03 Å². The highest BCUT2D eigenvalue weighted by Crippen LogP contribution is 2.25. The maximum absolute atomic E-state index is 12.5. The molecule has 6 heteroatoms. The van der Waals surface area contributed by atoms with Gasteiger partial charge in [0.2, 0.25) is 0 Å². The molecule has 2 atom stereocenters. The van der Waals surface area contributed by atoms with Crippen LogP contribution in [0.25, 0.3) is 0 Å². The Balaban J connectivity index is 1.42. The van der Waals surface area contributed by atoms with Gasteiger partial charge in [-0.2, -0.15) is 0 Å². The van der Waals surface area contributed by atoms with E-state index in [1.54, 1.807) is 0 Å². The van der Waals surface area contributed by atoms with Gasteiger partial charge < -0.3 is 15.4 Å². The van der Waals surface area contributed by atoms with Crippen molar-refractivity contribution in [3.63, 3.8) is 0 Å². The summed E-state index contributed by atoms with van der Waals surface area (Å²) in [6.07, 6.45) is 9.13. The molecule has 3 rings (SSSR count). The molecule has 2 amide bonds. The third kappa shape index (κ3) is 6.33. The summed E-state index contributed by atoms with van der Waals surface area (Å²) in [6, 6.07) is 1.42. The van der Waals surface area contributed by atoms with Crippen LogP contribution in [0.4, 0.5) is 4.79 Å². The van der Waals surface area contributed by atoms with E-state index in [4.69, 9.17) is 4.74 Å². The first-order chi connectivity index (χ1) is 13.1. The Hall–Kier alpha value is -0.850. The van der Waals surface area contributed by atoms with Gasteiger partial charge in [-0.15, -0.1) is 0 Å². The van der Waals surface area contributed by atoms with Gasteiger partial charge in [0.05, 0.1) is 13.2 Å². The van der Waals surface area contributed by atoms with Gasteiger partial charge in [-0.25, -0.2) is 4.79 Å². The van der Waals surface area contributed by atoms with Gasteiger partial charge in [0.1, 0.15) is 0 Å². The third-order valence-electron chi connectivity index (χ3n) is 6.64. The molecule has 2 unspecified atom stereocenters. The van der Waals surface area contributed by atoms with Gasteiger partial charge in [-0.1, -0.05) is 33.1 Å². The monoisotopic (exact) mass is 380 g/mol. The SMILES string of the molecule is CC(C)C(CNC(=O)NC1CCCN(C2CCCCC2)C1)N1CCOCC1. The summed E-state index contributed by atoms with van der Waals surface area (Å²) in [5, 5.41) is 6.40. The molecule has 2 N–H and O–H groups in total. The summed E-state index contributed by atoms with van der Waals surface area (Å²) >= 11 is 0. The Morgan fingerprint density at radius 3 is 2.48 bits per heavy atom. The van der Waals surface area contributed by atoms with Crippen molar-refractivity contribution in [3.8, 4) is 0 Å². The van der Waals surface area contributed by atoms with Gasteiger partial charge in [0.25, 0.3) is 0 Å². The zero-order chi connectivity index (χ0) is 19.1. The summed E-state index contributed by atoms with van der Waals surface area (Å²) in [5.41, 5.74) is 0. The van der Waals surface area contributed by atoms with E-state index < -0.39 is 0 Å². The number of hydrogen-bond donors (Lipinski definition) is 2. The van der Waals surface area contributed by atoms with Crippen molar-refractivity contribution in [2.75, 3.05) is 45.9 Å². The van der Waals surface area contributed by atoms with Gasteiger partial charge >= 0.3 is 6.03 Å². The van der Waals surface area contributed by atoms with Crippen molar-refractivity contribution < 1.29 is 9.53 Å². The molecule has 0 radical (unpaired) electrons. The Morgan fingerprint density at radius 1 is 1.04 bits per heavy atom. The van der Waals surface area contributed by atoms with Gasteiger partial charge in [0, 0.05) is 44.3 Å². The van der Waals surface area contributed by atoms with Crippen LogP contribution in [0.1, 0.15) is 58.8 Å². The molecule has 0 aromatic rings. The molecule has 3 aliphatic rings. The first-order valence-electron chi connectivity index (χ1n) is 11.2. The van der Waals surface area contributed by atoms with Crippen molar-refractivity contribution in [2.45, 2.75) is 76.9 Å². The maximum atomic E-state index is 12.5. The van der Waals surface area contributed by atoms with Crippen molar-refractivity contribution in [3.05, 3.63) is 0 Å². The fraction of sp³-hybridized carbons (Fsp3) is 0.952. The number of ether oxygens (including phenoxy) is 1. The Bertz CT molecular complexity index is 447. The van der Waals surface area contributed by atoms with Crippen LogP contribution in [0.5, 0.6) is 0 Å². The molecule has 0 spiro atoms. The minimum atomic E-state index is 0.00408. The second-order valence-corrected chi connectivity index (χ2v) is 8.94. The van der Waals surface area contributed by atoms with Crippen LogP contribution in [0.3, 0.4) is 0 Å². The lowest BCUT2D eigenvalue weighted by molar-refractivity contribution is 0.00715. The van der Waals surface area contributed by atoms with Crippen molar-refractivity contribution in [1.82, 2.24) is 20.4 Å². The first kappa shape index (κ1) is 20.9. The molecule has 27 heavy (non-hydrogen) atoms. The number of morpholine rings is 1. The number of piperidine rings is 1. The maximum Gasteiger partial charge on any atom is 0.315 e. The molecule has 1 saturated carbocycles. The lowest BCUT2D eigenvalue weighted by atomic mass is 9.92. The topological polar surface area (TPSA) is 56.8 Å². The number of amides is 2. The van der Waals surface area contributed by atoms with Crippen LogP contribution < -0.4 is 10.6 Å². The third-order valence-corrected chi connectivity index (χ3v) is 6.64. The molecule has 6 nitrogen and oxygen atoms in total. The number of urea groups is 1. The molecule has 2 aliphatic heterocycles. The predicted octanol–water partition coefficient (Wildman–Crippen LogP) is 2.44. The number of nitrogens with one attached hydrogen (secondary N) is 2. The standard InChI is InChI=1S/C21H40N4O2/c1-17(2)20(24-11-13-27-14-12-24)15-22-21(26)23-18-7-6-10-25(16-18)19-8-4-3-5-9-19/h17-20H,3-16H2,1-2H3,(H2,22,23,26). The van der Waals surface area contributed by atoms with Crippen LogP contribution in [-0.4, -0.2) is 79.9 Å². The fourth-order valence-electron chi connectivity index (χ4n) is 5.03. The molecule has 156 valence electrons. The second kappa shape index (κ2) is 10.6. The summed E-state index contributed by atoms with van der Waals surface area (Å²) in [5.74, 6) is 0.514. The van der Waals surface area contributed by atoms with Crippen molar-refractivity contribution in [1.29, 1.82) is 0 Å². The van der Waals surface area contributed by atoms with E-state index in [0.29, 0.717) is 24.5 Å². The molecule has 2 saturated heterocycles. The highest BCUT2D eigenvalue weighted by Gasteiger charge is 2.28. The largest absolute Gasteiger partial charge is 0.379 e. The molecule has 0 aromatic heterocycles. The summed E-state index contributed by atoms with van der Waals surface area (Å²) in [4.78, 5) is 17.6. The van der Waals surface area contributed by atoms with Crippen LogP contribution in [0.2, 0.25) is 0 Å². The minimum absolute atomic E-state index is 0.00408. The van der Waals surface area contributed by atoms with Gasteiger partial charge in [-0.3, -0.25) is 9.80 Å². The predicted molar refractivity (Wildman–Crippen MR) is 109 cm³/mol.